The zero-order valence-electron chi connectivity index (χ0n) is 12.2. The largest absolute Gasteiger partial charge is 0.472 e. The van der Waals surface area contributed by atoms with Gasteiger partial charge in [0.25, 0.3) is 0 Å². The highest BCUT2D eigenvalue weighted by Crippen LogP contribution is 2.23. The lowest BCUT2D eigenvalue weighted by Crippen LogP contribution is -2.14. The third-order valence-electron chi connectivity index (χ3n) is 3.05. The van der Waals surface area contributed by atoms with Crippen molar-refractivity contribution in [3.63, 3.8) is 0 Å². The predicted octanol–water partition coefficient (Wildman–Crippen LogP) is 3.36. The number of nitrogens with one attached hydrogen (secondary N) is 1. The Hall–Kier alpha value is -1.66. The van der Waals surface area contributed by atoms with Gasteiger partial charge in [0.05, 0.1) is 5.56 Å². The van der Waals surface area contributed by atoms with Crippen LogP contribution in [0.15, 0.2) is 28.7 Å². The fourth-order valence-corrected chi connectivity index (χ4v) is 2.15. The smallest absolute Gasteiger partial charge is 0.222 e. The Bertz CT molecular complexity index is 601. The van der Waals surface area contributed by atoms with E-state index in [4.69, 9.17) is 10.6 Å². The monoisotopic (exact) mass is 350 g/mol. The van der Waals surface area contributed by atoms with Crippen LogP contribution in [-0.2, 0) is 13.0 Å². The molecule has 21 heavy (non-hydrogen) atoms. The lowest BCUT2D eigenvalue weighted by Gasteiger charge is -2.13. The summed E-state index contributed by atoms with van der Waals surface area (Å²) in [5, 5.41) is 0. The number of benzene rings is 1. The summed E-state index contributed by atoms with van der Waals surface area (Å²) in [7, 11) is 0. The molecule has 0 bridgehead atoms. The van der Waals surface area contributed by atoms with Crippen LogP contribution >= 0.6 is 15.9 Å². The first-order valence-electron chi connectivity index (χ1n) is 6.85. The van der Waals surface area contributed by atoms with E-state index in [-0.39, 0.29) is 0 Å². The van der Waals surface area contributed by atoms with Gasteiger partial charge < -0.3 is 10.2 Å². The summed E-state index contributed by atoms with van der Waals surface area (Å²) < 4.78 is 6.88. The van der Waals surface area contributed by atoms with Crippen LogP contribution in [0.4, 0.5) is 5.82 Å². The van der Waals surface area contributed by atoms with Crippen molar-refractivity contribution in [1.29, 1.82) is 0 Å². The highest BCUT2D eigenvalue weighted by atomic mass is 79.9. The molecule has 1 heterocycles. The Balaban J connectivity index is 2.17. The van der Waals surface area contributed by atoms with Gasteiger partial charge in [-0.1, -0.05) is 35.0 Å². The minimum atomic E-state index is 0.459. The first-order valence-corrected chi connectivity index (χ1v) is 7.64. The maximum Gasteiger partial charge on any atom is 0.222 e. The summed E-state index contributed by atoms with van der Waals surface area (Å²) in [4.78, 5) is 8.84. The molecule has 2 aromatic rings. The third-order valence-corrected chi connectivity index (χ3v) is 3.58. The Labute approximate surface area is 133 Å². The van der Waals surface area contributed by atoms with E-state index in [2.05, 4.69) is 38.2 Å². The van der Waals surface area contributed by atoms with Crippen LogP contribution in [-0.4, -0.2) is 9.97 Å². The van der Waals surface area contributed by atoms with E-state index in [1.165, 1.54) is 0 Å². The molecule has 112 valence electrons. The van der Waals surface area contributed by atoms with Crippen LogP contribution in [0.2, 0.25) is 0 Å². The van der Waals surface area contributed by atoms with Crippen LogP contribution in [0.25, 0.3) is 0 Å². The highest BCUT2D eigenvalue weighted by Gasteiger charge is 2.11. The minimum Gasteiger partial charge on any atom is -0.472 e. The van der Waals surface area contributed by atoms with Crippen molar-refractivity contribution in [2.24, 2.45) is 5.84 Å². The molecule has 0 amide bonds. The van der Waals surface area contributed by atoms with E-state index < -0.39 is 0 Å². The number of halogens is 1. The maximum atomic E-state index is 5.83. The lowest BCUT2D eigenvalue weighted by molar-refractivity contribution is 0.290. The normalized spacial score (nSPS) is 10.5. The second-order valence-electron chi connectivity index (χ2n) is 4.73. The number of nitrogens with two attached hydrogens (primary N) is 1. The van der Waals surface area contributed by atoms with Gasteiger partial charge in [-0.05, 0) is 31.0 Å². The van der Waals surface area contributed by atoms with Crippen LogP contribution in [0.3, 0.4) is 0 Å². The molecule has 5 nitrogen and oxygen atoms in total. The SMILES string of the molecule is CCCc1nc(NN)c(C)c(OCc2ccc(Br)cc2)n1. The van der Waals surface area contributed by atoms with E-state index in [1.54, 1.807) is 0 Å². The molecule has 0 aliphatic heterocycles. The van der Waals surface area contributed by atoms with Crippen LogP contribution in [0, 0.1) is 6.92 Å². The summed E-state index contributed by atoms with van der Waals surface area (Å²) in [5.41, 5.74) is 4.50. The first kappa shape index (κ1) is 15.7. The number of rotatable bonds is 6. The number of nitrogens with zero attached hydrogens (tertiary/aromatic N) is 2. The Morgan fingerprint density at radius 2 is 1.95 bits per heavy atom. The lowest BCUT2D eigenvalue weighted by atomic mass is 10.2. The average molecular weight is 351 g/mol. The number of aromatic nitrogens is 2. The second kappa shape index (κ2) is 7.38. The van der Waals surface area contributed by atoms with Crippen molar-refractivity contribution in [2.75, 3.05) is 5.43 Å². The van der Waals surface area contributed by atoms with E-state index in [0.717, 1.165) is 34.3 Å². The number of hydrogen-bond donors (Lipinski definition) is 2. The van der Waals surface area contributed by atoms with Gasteiger partial charge in [0.15, 0.2) is 0 Å². The summed E-state index contributed by atoms with van der Waals surface area (Å²) in [6.45, 7) is 4.43. The molecule has 0 spiro atoms. The number of nitrogen functional groups attached to an aromatic ring is 1. The van der Waals surface area contributed by atoms with Crippen molar-refractivity contribution in [2.45, 2.75) is 33.3 Å². The molecule has 2 rings (SSSR count). The van der Waals surface area contributed by atoms with Crippen molar-refractivity contribution >= 4 is 21.7 Å². The van der Waals surface area contributed by atoms with Crippen molar-refractivity contribution in [3.8, 4) is 5.88 Å². The minimum absolute atomic E-state index is 0.459. The number of ether oxygens (including phenoxy) is 1. The molecule has 0 aliphatic rings. The fraction of sp³-hybridized carbons (Fsp3) is 0.333. The van der Waals surface area contributed by atoms with Gasteiger partial charge in [-0.3, -0.25) is 0 Å². The molecule has 6 heteroatoms. The Morgan fingerprint density at radius 3 is 2.57 bits per heavy atom. The van der Waals surface area contributed by atoms with Gasteiger partial charge in [-0.25, -0.2) is 10.8 Å². The van der Waals surface area contributed by atoms with E-state index >= 15 is 0 Å². The molecule has 0 atom stereocenters. The van der Waals surface area contributed by atoms with E-state index in [1.807, 2.05) is 31.2 Å². The Morgan fingerprint density at radius 1 is 1.24 bits per heavy atom. The molecule has 0 aliphatic carbocycles. The molecule has 1 aromatic heterocycles. The first-order chi connectivity index (χ1) is 10.1. The molecule has 0 saturated heterocycles. The maximum absolute atomic E-state index is 5.83. The summed E-state index contributed by atoms with van der Waals surface area (Å²) in [6, 6.07) is 7.99. The zero-order valence-corrected chi connectivity index (χ0v) is 13.8. The quantitative estimate of drug-likeness (QED) is 0.617. The number of hydrogen-bond acceptors (Lipinski definition) is 5. The van der Waals surface area contributed by atoms with Crippen molar-refractivity contribution in [3.05, 3.63) is 45.7 Å². The zero-order chi connectivity index (χ0) is 15.2. The highest BCUT2D eigenvalue weighted by molar-refractivity contribution is 9.10. The topological polar surface area (TPSA) is 73.1 Å². The Kier molecular flexibility index (Phi) is 5.52. The van der Waals surface area contributed by atoms with Gasteiger partial charge >= 0.3 is 0 Å². The molecular formula is C15H19BrN4O. The van der Waals surface area contributed by atoms with Gasteiger partial charge in [0.2, 0.25) is 5.88 Å². The van der Waals surface area contributed by atoms with E-state index in [0.29, 0.717) is 18.3 Å². The summed E-state index contributed by atoms with van der Waals surface area (Å²) in [6.07, 6.45) is 1.77. The summed E-state index contributed by atoms with van der Waals surface area (Å²) >= 11 is 3.42. The van der Waals surface area contributed by atoms with Crippen molar-refractivity contribution in [1.82, 2.24) is 9.97 Å². The van der Waals surface area contributed by atoms with Gasteiger partial charge in [-0.2, -0.15) is 4.98 Å². The van der Waals surface area contributed by atoms with Crippen LogP contribution in [0.1, 0.15) is 30.3 Å². The molecule has 3 N–H and O–H groups in total. The number of aryl methyl sites for hydroxylation is 1. The standard InChI is InChI=1S/C15H19BrN4O/c1-3-4-13-18-14(20-17)10(2)15(19-13)21-9-11-5-7-12(16)8-6-11/h5-8H,3-4,9,17H2,1-2H3,(H,18,19,20). The van der Waals surface area contributed by atoms with Crippen LogP contribution in [0.5, 0.6) is 5.88 Å². The second-order valence-corrected chi connectivity index (χ2v) is 5.64. The molecule has 0 unspecified atom stereocenters. The van der Waals surface area contributed by atoms with Crippen molar-refractivity contribution < 1.29 is 4.74 Å². The number of hydrazine groups is 1. The fourth-order valence-electron chi connectivity index (χ4n) is 1.89. The molecule has 0 fully saturated rings. The van der Waals surface area contributed by atoms with E-state index in [9.17, 15) is 0 Å². The summed E-state index contributed by atoms with van der Waals surface area (Å²) in [5.74, 6) is 7.43. The third kappa shape index (κ3) is 4.15. The predicted molar refractivity (Wildman–Crippen MR) is 87.0 cm³/mol. The van der Waals surface area contributed by atoms with Gasteiger partial charge in [0.1, 0.15) is 18.2 Å². The van der Waals surface area contributed by atoms with Gasteiger partial charge in [0, 0.05) is 10.9 Å². The van der Waals surface area contributed by atoms with Crippen LogP contribution < -0.4 is 16.0 Å². The number of anilines is 1. The molecule has 0 saturated carbocycles. The molecule has 1 aromatic carbocycles. The molecular weight excluding hydrogens is 332 g/mol. The average Bonchev–Trinajstić information content (AvgIpc) is 2.49. The van der Waals surface area contributed by atoms with Gasteiger partial charge in [-0.15, -0.1) is 0 Å². The molecule has 0 radical (unpaired) electrons.